The molecule has 0 aromatic heterocycles. The van der Waals surface area contributed by atoms with Crippen LogP contribution in [0.5, 0.6) is 0 Å². The van der Waals surface area contributed by atoms with E-state index < -0.39 is 8.56 Å². The molecule has 1 N–H and O–H groups in total. The quantitative estimate of drug-likeness (QED) is 0.793. The zero-order valence-electron chi connectivity index (χ0n) is 15.7. The largest absolute Gasteiger partial charge is 0.396 e. The molecule has 23 heavy (non-hydrogen) atoms. The highest BCUT2D eigenvalue weighted by Gasteiger charge is 2.64. The first-order valence-corrected chi connectivity index (χ1v) is 10.5. The van der Waals surface area contributed by atoms with Crippen molar-refractivity contribution in [3.8, 4) is 0 Å². The molecule has 0 aromatic carbocycles. The summed E-state index contributed by atoms with van der Waals surface area (Å²) in [6.07, 6.45) is 1.22. The summed E-state index contributed by atoms with van der Waals surface area (Å²) < 4.78 is 25.1. The summed E-state index contributed by atoms with van der Waals surface area (Å²) >= 11 is 0. The van der Waals surface area contributed by atoms with E-state index in [1.807, 2.05) is 0 Å². The first-order chi connectivity index (χ1) is 10.6. The van der Waals surface area contributed by atoms with Gasteiger partial charge in [0, 0.05) is 23.8 Å². The van der Waals surface area contributed by atoms with E-state index in [-0.39, 0.29) is 41.1 Å². The van der Waals surface area contributed by atoms with Gasteiger partial charge >= 0.3 is 8.56 Å². The van der Waals surface area contributed by atoms with Gasteiger partial charge in [-0.1, -0.05) is 41.5 Å². The summed E-state index contributed by atoms with van der Waals surface area (Å²) in [5, 5.41) is 9.01. The van der Waals surface area contributed by atoms with Gasteiger partial charge in [-0.2, -0.15) is 0 Å². The maximum atomic E-state index is 9.10. The summed E-state index contributed by atoms with van der Waals surface area (Å²) in [6.45, 7) is 14.0. The molecule has 5 nitrogen and oxygen atoms in total. The van der Waals surface area contributed by atoms with Crippen LogP contribution in [0, 0.1) is 0 Å². The van der Waals surface area contributed by atoms with Crippen LogP contribution in [0.1, 0.15) is 54.4 Å². The summed E-state index contributed by atoms with van der Waals surface area (Å²) in [5.41, 5.74) is 0. The third kappa shape index (κ3) is 3.39. The minimum absolute atomic E-state index is 0.0320. The molecule has 4 atom stereocenters. The van der Waals surface area contributed by atoms with E-state index in [1.54, 1.807) is 7.11 Å². The van der Waals surface area contributed by atoms with Gasteiger partial charge in [-0.05, 0) is 12.8 Å². The van der Waals surface area contributed by atoms with Gasteiger partial charge in [0.15, 0.2) is 0 Å². The molecule has 0 bridgehead atoms. The lowest BCUT2D eigenvalue weighted by Crippen LogP contribution is -2.65. The number of fused-ring (bicyclic) bond motifs is 1. The number of aliphatic hydroxyl groups is 1. The molecule has 136 valence electrons. The van der Waals surface area contributed by atoms with Gasteiger partial charge in [0.2, 0.25) is 0 Å². The predicted octanol–water partition coefficient (Wildman–Crippen LogP) is 3.00. The van der Waals surface area contributed by atoms with Crippen LogP contribution in [0.2, 0.25) is 10.1 Å². The monoisotopic (exact) mass is 346 g/mol. The Labute approximate surface area is 141 Å². The molecule has 6 heteroatoms. The van der Waals surface area contributed by atoms with Crippen LogP contribution in [-0.2, 0) is 18.3 Å². The fourth-order valence-electron chi connectivity index (χ4n) is 4.23. The lowest BCUT2D eigenvalue weighted by atomic mass is 10.0. The zero-order chi connectivity index (χ0) is 17.5. The summed E-state index contributed by atoms with van der Waals surface area (Å²) in [5.74, 6) is 0. The van der Waals surface area contributed by atoms with Crippen molar-refractivity contribution in [1.82, 2.24) is 0 Å². The Bertz CT molecular complexity index is 387. The van der Waals surface area contributed by atoms with Gasteiger partial charge in [0.05, 0.1) is 12.7 Å². The van der Waals surface area contributed by atoms with Crippen molar-refractivity contribution in [2.24, 2.45) is 0 Å². The first kappa shape index (κ1) is 19.3. The average Bonchev–Trinajstić information content (AvgIpc) is 2.78. The Morgan fingerprint density at radius 3 is 2.22 bits per heavy atom. The van der Waals surface area contributed by atoms with Crippen molar-refractivity contribution in [1.29, 1.82) is 0 Å². The van der Waals surface area contributed by atoms with Crippen molar-refractivity contribution < 1.29 is 23.4 Å². The SMILES string of the molecule is CO[C@@H]1[C@@H]2O[Si](C(C)(C)C)(C(C)(C)C)OC[C@H]2O[C@H]1CCCO. The van der Waals surface area contributed by atoms with Gasteiger partial charge in [0.1, 0.15) is 18.3 Å². The fourth-order valence-corrected chi connectivity index (χ4v) is 9.19. The van der Waals surface area contributed by atoms with Gasteiger partial charge in [-0.25, -0.2) is 0 Å². The van der Waals surface area contributed by atoms with Crippen molar-refractivity contribution in [2.45, 2.75) is 88.9 Å². The first-order valence-electron chi connectivity index (χ1n) is 8.68. The molecule has 2 heterocycles. The molecule has 0 aliphatic carbocycles. The highest BCUT2D eigenvalue weighted by atomic mass is 28.4. The molecule has 0 aromatic rings. The molecule has 2 aliphatic rings. The Morgan fingerprint density at radius 1 is 1.13 bits per heavy atom. The molecular weight excluding hydrogens is 312 g/mol. The number of methoxy groups -OCH3 is 1. The number of hydrogen-bond acceptors (Lipinski definition) is 5. The summed E-state index contributed by atoms with van der Waals surface area (Å²) in [6, 6.07) is 0. The van der Waals surface area contributed by atoms with Gasteiger partial charge in [0.25, 0.3) is 0 Å². The molecule has 0 amide bonds. The van der Waals surface area contributed by atoms with E-state index in [0.29, 0.717) is 13.0 Å². The third-order valence-corrected chi connectivity index (χ3v) is 10.2. The Hall–Kier alpha value is 0.0169. The third-order valence-electron chi connectivity index (χ3n) is 5.05. The van der Waals surface area contributed by atoms with Crippen molar-refractivity contribution in [3.63, 3.8) is 0 Å². The topological polar surface area (TPSA) is 57.2 Å². The number of aliphatic hydroxyl groups excluding tert-OH is 1. The van der Waals surface area contributed by atoms with Crippen LogP contribution < -0.4 is 0 Å². The minimum Gasteiger partial charge on any atom is -0.396 e. The van der Waals surface area contributed by atoms with Crippen molar-refractivity contribution in [3.05, 3.63) is 0 Å². The maximum absolute atomic E-state index is 9.10. The van der Waals surface area contributed by atoms with E-state index in [9.17, 15) is 0 Å². The Balaban J connectivity index is 2.26. The molecule has 0 spiro atoms. The lowest BCUT2D eigenvalue weighted by Gasteiger charge is -2.53. The van der Waals surface area contributed by atoms with Gasteiger partial charge < -0.3 is 23.4 Å². The standard InChI is InChI=1S/C17H34O5Si/c1-16(2,3)23(17(4,5)6)20-11-13-15(22-23)14(19-7)12(21-13)9-8-10-18/h12-15,18H,8-11H2,1-7H3/t12-,13+,14-,15+/m0/s1. The summed E-state index contributed by atoms with van der Waals surface area (Å²) in [7, 11) is -0.779. The average molecular weight is 347 g/mol. The van der Waals surface area contributed by atoms with Crippen LogP contribution in [0.15, 0.2) is 0 Å². The lowest BCUT2D eigenvalue weighted by molar-refractivity contribution is -0.0745. The van der Waals surface area contributed by atoms with E-state index in [0.717, 1.165) is 6.42 Å². The second kappa shape index (κ2) is 6.73. The maximum Gasteiger partial charge on any atom is 0.349 e. The zero-order valence-corrected chi connectivity index (χ0v) is 16.7. The van der Waals surface area contributed by atoms with Crippen LogP contribution >= 0.6 is 0 Å². The van der Waals surface area contributed by atoms with Crippen LogP contribution in [-0.4, -0.2) is 58.4 Å². The number of hydrogen-bond donors (Lipinski definition) is 1. The molecule has 2 saturated heterocycles. The summed E-state index contributed by atoms with van der Waals surface area (Å²) in [4.78, 5) is 0. The second-order valence-electron chi connectivity index (χ2n) is 8.79. The molecule has 2 rings (SSSR count). The van der Waals surface area contributed by atoms with Crippen molar-refractivity contribution >= 4 is 8.56 Å². The fraction of sp³-hybridized carbons (Fsp3) is 1.00. The van der Waals surface area contributed by atoms with Crippen LogP contribution in [0.4, 0.5) is 0 Å². The second-order valence-corrected chi connectivity index (χ2v) is 13.5. The number of ether oxygens (including phenoxy) is 2. The Kier molecular flexibility index (Phi) is 5.66. The smallest absolute Gasteiger partial charge is 0.349 e. The minimum atomic E-state index is -2.50. The molecule has 2 aliphatic heterocycles. The normalized spacial score (nSPS) is 34.4. The van der Waals surface area contributed by atoms with Crippen molar-refractivity contribution in [2.75, 3.05) is 20.3 Å². The van der Waals surface area contributed by atoms with E-state index in [4.69, 9.17) is 23.4 Å². The highest BCUT2D eigenvalue weighted by molar-refractivity contribution is 6.73. The number of rotatable bonds is 4. The molecular formula is C17H34O5Si. The predicted molar refractivity (Wildman–Crippen MR) is 91.8 cm³/mol. The Morgan fingerprint density at radius 2 is 1.74 bits per heavy atom. The van der Waals surface area contributed by atoms with E-state index in [1.165, 1.54) is 0 Å². The molecule has 0 unspecified atom stereocenters. The van der Waals surface area contributed by atoms with E-state index >= 15 is 0 Å². The van der Waals surface area contributed by atoms with Gasteiger partial charge in [-0.15, -0.1) is 0 Å². The highest BCUT2D eigenvalue weighted by Crippen LogP contribution is 2.55. The molecule has 0 saturated carbocycles. The van der Waals surface area contributed by atoms with Gasteiger partial charge in [-0.3, -0.25) is 0 Å². The van der Waals surface area contributed by atoms with Crippen LogP contribution in [0.3, 0.4) is 0 Å². The molecule has 0 radical (unpaired) electrons. The van der Waals surface area contributed by atoms with E-state index in [2.05, 4.69) is 41.5 Å². The van der Waals surface area contributed by atoms with Crippen LogP contribution in [0.25, 0.3) is 0 Å². The molecule has 2 fully saturated rings.